The molecular weight excluding hydrogens is 90.1 g/mol. The van der Waals surface area contributed by atoms with Crippen molar-refractivity contribution in [1.29, 1.82) is 0 Å². The van der Waals surface area contributed by atoms with E-state index in [2.05, 4.69) is 0 Å². The Morgan fingerprint density at radius 3 is 2.57 bits per heavy atom. The van der Waals surface area contributed by atoms with Crippen LogP contribution in [0.25, 0.3) is 0 Å². The summed E-state index contributed by atoms with van der Waals surface area (Å²) in [6.07, 6.45) is 1.32. The summed E-state index contributed by atoms with van der Waals surface area (Å²) in [6.45, 7) is 2.86. The van der Waals surface area contributed by atoms with Crippen LogP contribution in [0.3, 0.4) is 0 Å². The molecule has 42 valence electrons. The van der Waals surface area contributed by atoms with Gasteiger partial charge < -0.3 is 10.5 Å². The zero-order valence-corrected chi connectivity index (χ0v) is 4.55. The van der Waals surface area contributed by atoms with Crippen LogP contribution in [0.15, 0.2) is 0 Å². The van der Waals surface area contributed by atoms with Gasteiger partial charge in [-0.3, -0.25) is 0 Å². The minimum Gasteiger partial charge on any atom is -0.377 e. The van der Waals surface area contributed by atoms with Crippen LogP contribution >= 0.6 is 0 Å². The SMILES string of the molecule is C[C@@H]1OCC[C@H]1N. The van der Waals surface area contributed by atoms with Crippen molar-refractivity contribution in [2.45, 2.75) is 25.5 Å². The van der Waals surface area contributed by atoms with Gasteiger partial charge in [-0.2, -0.15) is 0 Å². The molecule has 0 radical (unpaired) electrons. The molecule has 1 aliphatic rings. The van der Waals surface area contributed by atoms with E-state index in [1.54, 1.807) is 0 Å². The van der Waals surface area contributed by atoms with Crippen molar-refractivity contribution in [3.05, 3.63) is 0 Å². The minimum atomic E-state index is 0.292. The van der Waals surface area contributed by atoms with Crippen LogP contribution in [-0.4, -0.2) is 18.8 Å². The highest BCUT2D eigenvalue weighted by Gasteiger charge is 2.18. The molecule has 0 aromatic carbocycles. The van der Waals surface area contributed by atoms with E-state index in [4.69, 9.17) is 10.5 Å². The van der Waals surface area contributed by atoms with E-state index >= 15 is 0 Å². The van der Waals surface area contributed by atoms with Gasteiger partial charge in [-0.25, -0.2) is 0 Å². The molecule has 0 aliphatic carbocycles. The molecule has 0 bridgehead atoms. The first-order valence-corrected chi connectivity index (χ1v) is 2.68. The Balaban J connectivity index is 2.33. The second-order valence-electron chi connectivity index (χ2n) is 2.03. The average Bonchev–Trinajstić information content (AvgIpc) is 1.91. The fourth-order valence-electron chi connectivity index (χ4n) is 0.748. The summed E-state index contributed by atoms with van der Waals surface area (Å²) in [5, 5.41) is 0. The lowest BCUT2D eigenvalue weighted by molar-refractivity contribution is 0.119. The molecule has 1 saturated heterocycles. The molecule has 0 amide bonds. The average molecular weight is 101 g/mol. The van der Waals surface area contributed by atoms with Gasteiger partial charge in [0.1, 0.15) is 0 Å². The Labute approximate surface area is 43.6 Å². The van der Waals surface area contributed by atoms with Crippen LogP contribution in [0.1, 0.15) is 13.3 Å². The van der Waals surface area contributed by atoms with Crippen LogP contribution in [0.4, 0.5) is 0 Å². The van der Waals surface area contributed by atoms with Gasteiger partial charge >= 0.3 is 0 Å². The molecule has 1 fully saturated rings. The zero-order valence-electron chi connectivity index (χ0n) is 4.55. The Morgan fingerprint density at radius 1 is 1.71 bits per heavy atom. The molecule has 2 nitrogen and oxygen atoms in total. The van der Waals surface area contributed by atoms with E-state index in [9.17, 15) is 0 Å². The van der Waals surface area contributed by atoms with Crippen LogP contribution in [0.5, 0.6) is 0 Å². The molecule has 0 aromatic rings. The summed E-state index contributed by atoms with van der Waals surface area (Å²) in [7, 11) is 0. The third-order valence-electron chi connectivity index (χ3n) is 1.43. The van der Waals surface area contributed by atoms with E-state index in [-0.39, 0.29) is 0 Å². The van der Waals surface area contributed by atoms with Crippen LogP contribution in [0, 0.1) is 0 Å². The molecule has 7 heavy (non-hydrogen) atoms. The summed E-state index contributed by atoms with van der Waals surface area (Å²) >= 11 is 0. The van der Waals surface area contributed by atoms with Gasteiger partial charge in [0, 0.05) is 12.6 Å². The molecule has 2 N–H and O–H groups in total. The molecule has 0 saturated carbocycles. The summed E-state index contributed by atoms with van der Waals surface area (Å²) in [5.41, 5.74) is 5.55. The number of ether oxygens (including phenoxy) is 1. The van der Waals surface area contributed by atoms with Crippen molar-refractivity contribution in [1.82, 2.24) is 0 Å². The number of hydrogen-bond acceptors (Lipinski definition) is 2. The maximum atomic E-state index is 5.55. The van der Waals surface area contributed by atoms with Gasteiger partial charge in [-0.05, 0) is 13.3 Å². The van der Waals surface area contributed by atoms with Gasteiger partial charge in [0.15, 0.2) is 0 Å². The van der Waals surface area contributed by atoms with Crippen molar-refractivity contribution in [2.24, 2.45) is 5.73 Å². The smallest absolute Gasteiger partial charge is 0.0698 e. The monoisotopic (exact) mass is 101 g/mol. The van der Waals surface area contributed by atoms with Gasteiger partial charge in [0.25, 0.3) is 0 Å². The summed E-state index contributed by atoms with van der Waals surface area (Å²) in [5.74, 6) is 0. The summed E-state index contributed by atoms with van der Waals surface area (Å²) in [6, 6.07) is 0.292. The third-order valence-corrected chi connectivity index (χ3v) is 1.43. The minimum absolute atomic E-state index is 0.292. The molecule has 0 unspecified atom stereocenters. The lowest BCUT2D eigenvalue weighted by Gasteiger charge is -2.04. The largest absolute Gasteiger partial charge is 0.377 e. The molecule has 1 rings (SSSR count). The summed E-state index contributed by atoms with van der Waals surface area (Å²) in [4.78, 5) is 0. The number of hydrogen-bond donors (Lipinski definition) is 1. The van der Waals surface area contributed by atoms with Crippen molar-refractivity contribution in [3.8, 4) is 0 Å². The van der Waals surface area contributed by atoms with E-state index in [0.29, 0.717) is 12.1 Å². The Bertz CT molecular complexity index is 57.1. The van der Waals surface area contributed by atoms with Crippen molar-refractivity contribution in [3.63, 3.8) is 0 Å². The Kier molecular flexibility index (Phi) is 1.30. The quantitative estimate of drug-likeness (QED) is 0.470. The van der Waals surface area contributed by atoms with Crippen molar-refractivity contribution >= 4 is 0 Å². The van der Waals surface area contributed by atoms with E-state index in [1.807, 2.05) is 6.92 Å². The predicted molar refractivity (Wildman–Crippen MR) is 28.0 cm³/mol. The maximum Gasteiger partial charge on any atom is 0.0698 e. The fraction of sp³-hybridized carbons (Fsp3) is 1.00. The lowest BCUT2D eigenvalue weighted by Crippen LogP contribution is -2.26. The molecular formula is C5H11NO. The van der Waals surface area contributed by atoms with Crippen LogP contribution in [0.2, 0.25) is 0 Å². The van der Waals surface area contributed by atoms with Gasteiger partial charge in [0.05, 0.1) is 6.10 Å². The third kappa shape index (κ3) is 0.924. The van der Waals surface area contributed by atoms with E-state index in [0.717, 1.165) is 13.0 Å². The van der Waals surface area contributed by atoms with Crippen LogP contribution in [-0.2, 0) is 4.74 Å². The first-order chi connectivity index (χ1) is 3.30. The first-order valence-electron chi connectivity index (χ1n) is 2.68. The maximum absolute atomic E-state index is 5.55. The molecule has 2 atom stereocenters. The van der Waals surface area contributed by atoms with Crippen LogP contribution < -0.4 is 5.73 Å². The Morgan fingerprint density at radius 2 is 2.43 bits per heavy atom. The van der Waals surface area contributed by atoms with Gasteiger partial charge in [-0.1, -0.05) is 0 Å². The highest BCUT2D eigenvalue weighted by Crippen LogP contribution is 2.08. The molecule has 1 heterocycles. The second-order valence-corrected chi connectivity index (χ2v) is 2.03. The highest BCUT2D eigenvalue weighted by molar-refractivity contribution is 4.74. The number of rotatable bonds is 0. The summed E-state index contributed by atoms with van der Waals surface area (Å²) < 4.78 is 5.14. The second kappa shape index (κ2) is 1.80. The van der Waals surface area contributed by atoms with E-state index in [1.165, 1.54) is 0 Å². The fourth-order valence-corrected chi connectivity index (χ4v) is 0.748. The zero-order chi connectivity index (χ0) is 5.28. The van der Waals surface area contributed by atoms with Gasteiger partial charge in [0.2, 0.25) is 0 Å². The standard InChI is InChI=1S/C5H11NO/c1-4-5(6)2-3-7-4/h4-5H,2-3,6H2,1H3/t4-,5+/m0/s1. The predicted octanol–water partition coefficient (Wildman–Crippen LogP) is 0.123. The molecule has 1 aliphatic heterocycles. The molecule has 2 heteroatoms. The van der Waals surface area contributed by atoms with Gasteiger partial charge in [-0.15, -0.1) is 0 Å². The van der Waals surface area contributed by atoms with Crippen molar-refractivity contribution in [2.75, 3.05) is 6.61 Å². The topological polar surface area (TPSA) is 35.2 Å². The highest BCUT2D eigenvalue weighted by atomic mass is 16.5. The Hall–Kier alpha value is -0.0800. The molecule has 0 spiro atoms. The molecule has 0 aromatic heterocycles. The normalized spacial score (nSPS) is 42.0. The lowest BCUT2D eigenvalue weighted by atomic mass is 10.2. The van der Waals surface area contributed by atoms with Crippen molar-refractivity contribution < 1.29 is 4.74 Å². The van der Waals surface area contributed by atoms with E-state index < -0.39 is 0 Å². The number of nitrogens with two attached hydrogens (primary N) is 1. The first kappa shape index (κ1) is 5.06.